The summed E-state index contributed by atoms with van der Waals surface area (Å²) in [6, 6.07) is 1.25. The van der Waals surface area contributed by atoms with E-state index < -0.39 is 0 Å². The zero-order chi connectivity index (χ0) is 13.0. The zero-order valence-electron chi connectivity index (χ0n) is 12.3. The third-order valence-corrected chi connectivity index (χ3v) is 4.87. The first-order chi connectivity index (χ1) is 8.65. The fourth-order valence-electron chi connectivity index (χ4n) is 3.52. The molecule has 1 atom stereocenters. The van der Waals surface area contributed by atoms with Gasteiger partial charge < -0.3 is 15.5 Å². The van der Waals surface area contributed by atoms with Gasteiger partial charge in [0.1, 0.15) is 0 Å². The molecule has 0 amide bonds. The lowest BCUT2D eigenvalue weighted by Crippen LogP contribution is -2.41. The summed E-state index contributed by atoms with van der Waals surface area (Å²) < 4.78 is 0. The molecule has 2 N–H and O–H groups in total. The summed E-state index contributed by atoms with van der Waals surface area (Å²) >= 11 is 0. The molecule has 0 aromatic heterocycles. The van der Waals surface area contributed by atoms with Crippen LogP contribution >= 0.6 is 0 Å². The lowest BCUT2D eigenvalue weighted by Gasteiger charge is -2.33. The molecule has 2 fully saturated rings. The van der Waals surface area contributed by atoms with Gasteiger partial charge in [-0.3, -0.25) is 0 Å². The van der Waals surface area contributed by atoms with Crippen LogP contribution in [-0.4, -0.2) is 55.6 Å². The number of likely N-dealkylation sites (N-methyl/N-ethyl adjacent to an activating group) is 1. The highest BCUT2D eigenvalue weighted by Crippen LogP contribution is 2.25. The largest absolute Gasteiger partial charge is 0.328 e. The molecule has 106 valence electrons. The molecule has 1 aliphatic carbocycles. The van der Waals surface area contributed by atoms with Gasteiger partial charge in [-0.1, -0.05) is 6.42 Å². The van der Waals surface area contributed by atoms with Gasteiger partial charge in [0.25, 0.3) is 0 Å². The van der Waals surface area contributed by atoms with E-state index in [-0.39, 0.29) is 0 Å². The Bertz CT molecular complexity index is 234. The van der Waals surface area contributed by atoms with Gasteiger partial charge in [0.2, 0.25) is 0 Å². The highest BCUT2D eigenvalue weighted by atomic mass is 15.2. The molecule has 1 aliphatic heterocycles. The highest BCUT2D eigenvalue weighted by Gasteiger charge is 2.24. The van der Waals surface area contributed by atoms with Gasteiger partial charge >= 0.3 is 0 Å². The topological polar surface area (TPSA) is 32.5 Å². The van der Waals surface area contributed by atoms with E-state index in [0.29, 0.717) is 6.04 Å². The number of nitrogens with two attached hydrogens (primary N) is 1. The highest BCUT2D eigenvalue weighted by molar-refractivity contribution is 4.81. The number of likely N-dealkylation sites (tertiary alicyclic amines) is 1. The summed E-state index contributed by atoms with van der Waals surface area (Å²) in [5.41, 5.74) is 6.00. The van der Waals surface area contributed by atoms with Crippen molar-refractivity contribution in [3.63, 3.8) is 0 Å². The third-order valence-electron chi connectivity index (χ3n) is 4.87. The third kappa shape index (κ3) is 4.22. The van der Waals surface area contributed by atoms with E-state index in [4.69, 9.17) is 5.73 Å². The second-order valence-electron chi connectivity index (χ2n) is 6.65. The smallest absolute Gasteiger partial charge is 0.0217 e. The number of nitrogens with zero attached hydrogens (tertiary/aromatic N) is 2. The Hall–Kier alpha value is -0.120. The minimum atomic E-state index is 0.486. The molecule has 3 nitrogen and oxygen atoms in total. The van der Waals surface area contributed by atoms with Crippen LogP contribution in [0.4, 0.5) is 0 Å². The average molecular weight is 253 g/mol. The predicted octanol–water partition coefficient (Wildman–Crippen LogP) is 1.92. The monoisotopic (exact) mass is 253 g/mol. The normalized spacial score (nSPS) is 35.7. The number of rotatable bonds is 3. The van der Waals surface area contributed by atoms with Crippen molar-refractivity contribution in [3.8, 4) is 0 Å². The van der Waals surface area contributed by atoms with Crippen LogP contribution in [0, 0.1) is 5.92 Å². The van der Waals surface area contributed by atoms with Crippen molar-refractivity contribution in [3.05, 3.63) is 0 Å². The molecule has 0 unspecified atom stereocenters. The van der Waals surface area contributed by atoms with Gasteiger partial charge in [0, 0.05) is 25.2 Å². The van der Waals surface area contributed by atoms with Crippen LogP contribution in [0.15, 0.2) is 0 Å². The van der Waals surface area contributed by atoms with Crippen molar-refractivity contribution in [1.82, 2.24) is 9.80 Å². The van der Waals surface area contributed by atoms with Crippen LogP contribution < -0.4 is 5.73 Å². The van der Waals surface area contributed by atoms with Crippen molar-refractivity contribution < 1.29 is 0 Å². The Labute approximate surface area is 113 Å². The molecule has 0 radical (unpaired) electrons. The summed E-state index contributed by atoms with van der Waals surface area (Å²) in [6.45, 7) is 3.90. The predicted molar refractivity (Wildman–Crippen MR) is 77.7 cm³/mol. The lowest BCUT2D eigenvalue weighted by atomic mass is 9.86. The SMILES string of the molecule is CN(C)[C@H]1CCCCN(CC2CCC(N)CC2)C1. The molecular formula is C15H31N3. The van der Waals surface area contributed by atoms with Crippen LogP contribution in [0.2, 0.25) is 0 Å². The fourth-order valence-corrected chi connectivity index (χ4v) is 3.52. The fraction of sp³-hybridized carbons (Fsp3) is 1.00. The Morgan fingerprint density at radius 3 is 2.44 bits per heavy atom. The van der Waals surface area contributed by atoms with E-state index in [1.807, 2.05) is 0 Å². The van der Waals surface area contributed by atoms with Crippen LogP contribution in [0.5, 0.6) is 0 Å². The quantitative estimate of drug-likeness (QED) is 0.834. The van der Waals surface area contributed by atoms with E-state index in [1.54, 1.807) is 0 Å². The van der Waals surface area contributed by atoms with E-state index in [0.717, 1.165) is 12.0 Å². The maximum Gasteiger partial charge on any atom is 0.0217 e. The number of hydrogen-bond acceptors (Lipinski definition) is 3. The molecule has 0 aromatic rings. The van der Waals surface area contributed by atoms with Crippen molar-refractivity contribution in [2.75, 3.05) is 33.7 Å². The summed E-state index contributed by atoms with van der Waals surface area (Å²) in [5.74, 6) is 0.908. The van der Waals surface area contributed by atoms with E-state index >= 15 is 0 Å². The van der Waals surface area contributed by atoms with Crippen molar-refractivity contribution in [2.24, 2.45) is 11.7 Å². The summed E-state index contributed by atoms with van der Waals surface area (Å²) in [4.78, 5) is 5.13. The maximum absolute atomic E-state index is 6.00. The van der Waals surface area contributed by atoms with Gasteiger partial charge in [-0.2, -0.15) is 0 Å². The van der Waals surface area contributed by atoms with Gasteiger partial charge in [-0.25, -0.2) is 0 Å². The van der Waals surface area contributed by atoms with E-state index in [9.17, 15) is 0 Å². The molecule has 1 heterocycles. The Balaban J connectivity index is 1.80. The molecule has 18 heavy (non-hydrogen) atoms. The summed E-state index contributed by atoms with van der Waals surface area (Å²) in [6.07, 6.45) is 9.35. The van der Waals surface area contributed by atoms with Crippen molar-refractivity contribution >= 4 is 0 Å². The van der Waals surface area contributed by atoms with E-state index in [1.165, 1.54) is 64.6 Å². The average Bonchev–Trinajstić information content (AvgIpc) is 2.58. The van der Waals surface area contributed by atoms with Crippen LogP contribution in [0.25, 0.3) is 0 Å². The first-order valence-corrected chi connectivity index (χ1v) is 7.79. The summed E-state index contributed by atoms with van der Waals surface area (Å²) in [5, 5.41) is 0. The van der Waals surface area contributed by atoms with Crippen LogP contribution in [0.1, 0.15) is 44.9 Å². The van der Waals surface area contributed by atoms with Crippen LogP contribution in [-0.2, 0) is 0 Å². The molecule has 2 aliphatic rings. The van der Waals surface area contributed by atoms with Gasteiger partial charge in [-0.05, 0) is 65.1 Å². The maximum atomic E-state index is 6.00. The molecule has 1 saturated heterocycles. The molecule has 2 rings (SSSR count). The first-order valence-electron chi connectivity index (χ1n) is 7.79. The molecule has 0 aromatic carbocycles. The van der Waals surface area contributed by atoms with Crippen molar-refractivity contribution in [1.29, 1.82) is 0 Å². The minimum absolute atomic E-state index is 0.486. The molecule has 0 bridgehead atoms. The Morgan fingerprint density at radius 2 is 1.78 bits per heavy atom. The number of hydrogen-bond donors (Lipinski definition) is 1. The Morgan fingerprint density at radius 1 is 1.06 bits per heavy atom. The van der Waals surface area contributed by atoms with E-state index in [2.05, 4.69) is 23.9 Å². The van der Waals surface area contributed by atoms with Gasteiger partial charge in [0.05, 0.1) is 0 Å². The first kappa shape index (κ1) is 14.3. The molecule has 3 heteroatoms. The lowest BCUT2D eigenvalue weighted by molar-refractivity contribution is 0.159. The Kier molecular flexibility index (Phi) is 5.46. The standard InChI is InChI=1S/C15H31N3/c1-17(2)15-5-3-4-10-18(12-15)11-13-6-8-14(16)9-7-13/h13-15H,3-12,16H2,1-2H3/t13?,14?,15-/m0/s1. The van der Waals surface area contributed by atoms with Gasteiger partial charge in [-0.15, -0.1) is 0 Å². The summed E-state index contributed by atoms with van der Waals surface area (Å²) in [7, 11) is 4.46. The second kappa shape index (κ2) is 6.88. The minimum Gasteiger partial charge on any atom is -0.328 e. The van der Waals surface area contributed by atoms with Crippen LogP contribution in [0.3, 0.4) is 0 Å². The molecule has 0 spiro atoms. The zero-order valence-corrected chi connectivity index (χ0v) is 12.3. The van der Waals surface area contributed by atoms with Gasteiger partial charge in [0.15, 0.2) is 0 Å². The van der Waals surface area contributed by atoms with Crippen molar-refractivity contribution in [2.45, 2.75) is 57.0 Å². The molecule has 1 saturated carbocycles. The molecular weight excluding hydrogens is 222 g/mol. The second-order valence-corrected chi connectivity index (χ2v) is 6.65.